The van der Waals surface area contributed by atoms with Crippen LogP contribution >= 0.6 is 23.7 Å². The number of nitrogens with two attached hydrogens (primary N) is 1. The molecular formula is C16H20ClFN2OS. The highest BCUT2D eigenvalue weighted by Gasteiger charge is 2.17. The molecule has 120 valence electrons. The van der Waals surface area contributed by atoms with Crippen molar-refractivity contribution >= 4 is 29.7 Å². The number of halogens is 2. The first-order valence-electron chi connectivity index (χ1n) is 6.86. The molecule has 1 amide bonds. The summed E-state index contributed by atoms with van der Waals surface area (Å²) in [5.74, 6) is -0.310. The molecule has 0 spiro atoms. The number of rotatable bonds is 5. The molecule has 0 bridgehead atoms. The SMILES string of the molecule is CC(C)N(Cc1ccc(-c2ccccc2F)s1)C(=O)CN.Cl. The predicted molar refractivity (Wildman–Crippen MR) is 91.7 cm³/mol. The Morgan fingerprint density at radius 2 is 1.95 bits per heavy atom. The Kier molecular flexibility index (Phi) is 7.00. The Hall–Kier alpha value is -1.43. The van der Waals surface area contributed by atoms with Gasteiger partial charge in [-0.25, -0.2) is 4.39 Å². The number of carbonyl (C=O) groups excluding carboxylic acids is 1. The highest BCUT2D eigenvalue weighted by Crippen LogP contribution is 2.30. The minimum Gasteiger partial charge on any atom is -0.334 e. The molecule has 3 nitrogen and oxygen atoms in total. The van der Waals surface area contributed by atoms with Gasteiger partial charge in [0, 0.05) is 21.4 Å². The number of amides is 1. The van der Waals surface area contributed by atoms with Crippen LogP contribution in [0.4, 0.5) is 4.39 Å². The number of benzene rings is 1. The highest BCUT2D eigenvalue weighted by atomic mass is 35.5. The van der Waals surface area contributed by atoms with E-state index in [0.717, 1.165) is 9.75 Å². The van der Waals surface area contributed by atoms with Gasteiger partial charge in [0.1, 0.15) is 5.82 Å². The molecule has 6 heteroatoms. The summed E-state index contributed by atoms with van der Waals surface area (Å²) in [6, 6.07) is 10.6. The van der Waals surface area contributed by atoms with Crippen LogP contribution in [0.25, 0.3) is 10.4 Å². The topological polar surface area (TPSA) is 46.3 Å². The third-order valence-electron chi connectivity index (χ3n) is 3.25. The quantitative estimate of drug-likeness (QED) is 0.901. The van der Waals surface area contributed by atoms with Crippen LogP contribution in [0.3, 0.4) is 0 Å². The fraction of sp³-hybridized carbons (Fsp3) is 0.312. The van der Waals surface area contributed by atoms with E-state index in [1.54, 1.807) is 17.0 Å². The van der Waals surface area contributed by atoms with E-state index in [1.165, 1.54) is 17.4 Å². The van der Waals surface area contributed by atoms with Crippen LogP contribution in [-0.4, -0.2) is 23.4 Å². The summed E-state index contributed by atoms with van der Waals surface area (Å²) in [7, 11) is 0. The summed E-state index contributed by atoms with van der Waals surface area (Å²) >= 11 is 1.50. The molecule has 0 saturated carbocycles. The van der Waals surface area contributed by atoms with Gasteiger partial charge < -0.3 is 10.6 Å². The van der Waals surface area contributed by atoms with E-state index in [2.05, 4.69) is 0 Å². The van der Waals surface area contributed by atoms with Crippen LogP contribution < -0.4 is 5.73 Å². The molecule has 1 aromatic heterocycles. The van der Waals surface area contributed by atoms with Gasteiger partial charge in [-0.3, -0.25) is 4.79 Å². The first kappa shape index (κ1) is 18.6. The van der Waals surface area contributed by atoms with Crippen molar-refractivity contribution in [1.29, 1.82) is 0 Å². The zero-order valence-electron chi connectivity index (χ0n) is 12.6. The van der Waals surface area contributed by atoms with Gasteiger partial charge in [0.2, 0.25) is 5.91 Å². The monoisotopic (exact) mass is 342 g/mol. The van der Waals surface area contributed by atoms with Crippen molar-refractivity contribution < 1.29 is 9.18 Å². The van der Waals surface area contributed by atoms with Crippen molar-refractivity contribution in [2.45, 2.75) is 26.4 Å². The van der Waals surface area contributed by atoms with Gasteiger partial charge in [-0.1, -0.05) is 18.2 Å². The van der Waals surface area contributed by atoms with Gasteiger partial charge in [-0.15, -0.1) is 23.7 Å². The van der Waals surface area contributed by atoms with E-state index in [9.17, 15) is 9.18 Å². The molecule has 2 rings (SSSR count). The second-order valence-corrected chi connectivity index (χ2v) is 6.23. The molecule has 22 heavy (non-hydrogen) atoms. The second-order valence-electron chi connectivity index (χ2n) is 5.07. The third-order valence-corrected chi connectivity index (χ3v) is 4.35. The molecule has 0 aliphatic rings. The minimum atomic E-state index is -0.232. The van der Waals surface area contributed by atoms with Crippen molar-refractivity contribution in [3.8, 4) is 10.4 Å². The lowest BCUT2D eigenvalue weighted by atomic mass is 10.2. The second kappa shape index (κ2) is 8.27. The van der Waals surface area contributed by atoms with Crippen LogP contribution in [0, 0.1) is 5.82 Å². The van der Waals surface area contributed by atoms with Crippen molar-refractivity contribution in [3.05, 3.63) is 47.1 Å². The van der Waals surface area contributed by atoms with E-state index in [4.69, 9.17) is 5.73 Å². The Labute approximate surface area is 140 Å². The molecule has 0 radical (unpaired) electrons. The van der Waals surface area contributed by atoms with Gasteiger partial charge in [0.25, 0.3) is 0 Å². The van der Waals surface area contributed by atoms with Crippen LogP contribution in [-0.2, 0) is 11.3 Å². The van der Waals surface area contributed by atoms with E-state index >= 15 is 0 Å². The van der Waals surface area contributed by atoms with E-state index in [1.807, 2.05) is 32.0 Å². The van der Waals surface area contributed by atoms with E-state index < -0.39 is 0 Å². The summed E-state index contributed by atoms with van der Waals surface area (Å²) < 4.78 is 13.8. The lowest BCUT2D eigenvalue weighted by molar-refractivity contribution is -0.131. The fourth-order valence-corrected chi connectivity index (χ4v) is 3.15. The first-order valence-corrected chi connectivity index (χ1v) is 7.67. The Balaban J connectivity index is 0.00000242. The lowest BCUT2D eigenvalue weighted by Crippen LogP contribution is -2.40. The van der Waals surface area contributed by atoms with Crippen molar-refractivity contribution in [2.24, 2.45) is 5.73 Å². The average molecular weight is 343 g/mol. The number of hydrogen-bond donors (Lipinski definition) is 1. The smallest absolute Gasteiger partial charge is 0.236 e. The van der Waals surface area contributed by atoms with Crippen molar-refractivity contribution in [1.82, 2.24) is 4.90 Å². The van der Waals surface area contributed by atoms with Crippen LogP contribution in [0.2, 0.25) is 0 Å². The molecule has 0 unspecified atom stereocenters. The first-order chi connectivity index (χ1) is 10.0. The molecule has 2 aromatic rings. The summed E-state index contributed by atoms with van der Waals surface area (Å²) in [5, 5.41) is 0. The van der Waals surface area contributed by atoms with Gasteiger partial charge in [-0.2, -0.15) is 0 Å². The molecular weight excluding hydrogens is 323 g/mol. The summed E-state index contributed by atoms with van der Waals surface area (Å²) in [4.78, 5) is 15.5. The number of carbonyl (C=O) groups is 1. The normalized spacial score (nSPS) is 10.4. The third kappa shape index (κ3) is 4.29. The molecule has 1 aromatic carbocycles. The molecule has 0 saturated heterocycles. The molecule has 0 atom stereocenters. The molecule has 0 aliphatic heterocycles. The van der Waals surface area contributed by atoms with Gasteiger partial charge in [0.05, 0.1) is 13.1 Å². The van der Waals surface area contributed by atoms with Crippen molar-refractivity contribution in [2.75, 3.05) is 6.54 Å². The summed E-state index contributed by atoms with van der Waals surface area (Å²) in [6.45, 7) is 4.43. The molecule has 0 fully saturated rings. The zero-order valence-corrected chi connectivity index (χ0v) is 14.2. The van der Waals surface area contributed by atoms with Gasteiger partial charge >= 0.3 is 0 Å². The number of nitrogens with zero attached hydrogens (tertiary/aromatic N) is 1. The molecule has 1 heterocycles. The minimum absolute atomic E-state index is 0. The van der Waals surface area contributed by atoms with Crippen LogP contribution in [0.15, 0.2) is 36.4 Å². The van der Waals surface area contributed by atoms with Crippen LogP contribution in [0.5, 0.6) is 0 Å². The summed E-state index contributed by atoms with van der Waals surface area (Å²) in [5.41, 5.74) is 6.04. The maximum atomic E-state index is 13.8. The maximum Gasteiger partial charge on any atom is 0.236 e. The van der Waals surface area contributed by atoms with E-state index in [0.29, 0.717) is 12.1 Å². The highest BCUT2D eigenvalue weighted by molar-refractivity contribution is 7.15. The maximum absolute atomic E-state index is 13.8. The Morgan fingerprint density at radius 3 is 2.55 bits per heavy atom. The van der Waals surface area contributed by atoms with E-state index in [-0.39, 0.29) is 36.7 Å². The Morgan fingerprint density at radius 1 is 1.27 bits per heavy atom. The zero-order chi connectivity index (χ0) is 15.4. The van der Waals surface area contributed by atoms with Gasteiger partial charge in [-0.05, 0) is 32.0 Å². The Bertz CT molecular complexity index is 630. The standard InChI is InChI=1S/C16H19FN2OS.ClH/c1-11(2)19(16(20)9-18)10-12-7-8-15(21-12)13-5-3-4-6-14(13)17;/h3-8,11H,9-10,18H2,1-2H3;1H. The molecule has 2 N–H and O–H groups in total. The average Bonchev–Trinajstić information content (AvgIpc) is 2.92. The van der Waals surface area contributed by atoms with Crippen LogP contribution in [0.1, 0.15) is 18.7 Å². The largest absolute Gasteiger partial charge is 0.334 e. The lowest BCUT2D eigenvalue weighted by Gasteiger charge is -2.25. The number of hydrogen-bond acceptors (Lipinski definition) is 3. The summed E-state index contributed by atoms with van der Waals surface area (Å²) in [6.07, 6.45) is 0. The fourth-order valence-electron chi connectivity index (χ4n) is 2.11. The van der Waals surface area contributed by atoms with Crippen molar-refractivity contribution in [3.63, 3.8) is 0 Å². The molecule has 0 aliphatic carbocycles. The van der Waals surface area contributed by atoms with Gasteiger partial charge in [0.15, 0.2) is 0 Å². The number of thiophene rings is 1. The predicted octanol–water partition coefficient (Wildman–Crippen LogP) is 3.67.